The molecule has 2 N–H and O–H groups in total. The second-order valence-electron chi connectivity index (χ2n) is 4.23. The summed E-state index contributed by atoms with van der Waals surface area (Å²) in [6, 6.07) is 5.00. The summed E-state index contributed by atoms with van der Waals surface area (Å²) in [6.07, 6.45) is 0. The summed E-state index contributed by atoms with van der Waals surface area (Å²) in [4.78, 5) is 23.6. The van der Waals surface area contributed by atoms with Gasteiger partial charge in [-0.1, -0.05) is 15.9 Å². The number of ether oxygens (including phenoxy) is 1. The third-order valence-corrected chi connectivity index (χ3v) is 4.40. The Morgan fingerprint density at radius 1 is 1.38 bits per heavy atom. The van der Waals surface area contributed by atoms with E-state index in [1.807, 2.05) is 0 Å². The van der Waals surface area contributed by atoms with Crippen LogP contribution in [0, 0.1) is 6.92 Å². The van der Waals surface area contributed by atoms with E-state index >= 15 is 0 Å². The maximum Gasteiger partial charge on any atom is 0.348 e. The fourth-order valence-electron chi connectivity index (χ4n) is 1.79. The maximum atomic E-state index is 12.3. The van der Waals surface area contributed by atoms with Crippen molar-refractivity contribution in [3.8, 4) is 5.75 Å². The highest BCUT2D eigenvalue weighted by Crippen LogP contribution is 2.30. The molecule has 0 aliphatic carbocycles. The Kier molecular flexibility index (Phi) is 4.64. The molecule has 110 valence electrons. The van der Waals surface area contributed by atoms with Crippen molar-refractivity contribution in [1.29, 1.82) is 0 Å². The second-order valence-corrected chi connectivity index (χ2v) is 6.02. The van der Waals surface area contributed by atoms with Gasteiger partial charge < -0.3 is 15.2 Å². The Labute approximate surface area is 133 Å². The largest absolute Gasteiger partial charge is 0.496 e. The summed E-state index contributed by atoms with van der Waals surface area (Å²) in [5, 5.41) is 13.5. The van der Waals surface area contributed by atoms with Gasteiger partial charge in [-0.25, -0.2) is 4.79 Å². The number of carboxylic acids is 1. The van der Waals surface area contributed by atoms with Gasteiger partial charge in [0.2, 0.25) is 0 Å². The monoisotopic (exact) mass is 369 g/mol. The summed E-state index contributed by atoms with van der Waals surface area (Å²) >= 11 is 4.38. The average molecular weight is 370 g/mol. The molecule has 0 saturated heterocycles. The number of halogens is 1. The van der Waals surface area contributed by atoms with Gasteiger partial charge in [-0.05, 0) is 36.1 Å². The van der Waals surface area contributed by atoms with Crippen molar-refractivity contribution in [2.75, 3.05) is 12.4 Å². The first kappa shape index (κ1) is 15.5. The van der Waals surface area contributed by atoms with Gasteiger partial charge >= 0.3 is 5.97 Å². The molecule has 0 aliphatic rings. The van der Waals surface area contributed by atoms with E-state index in [2.05, 4.69) is 21.2 Å². The molecule has 0 radical (unpaired) electrons. The molecule has 2 aromatic rings. The van der Waals surface area contributed by atoms with Crippen LogP contribution in [-0.2, 0) is 0 Å². The first-order chi connectivity index (χ1) is 9.93. The zero-order valence-corrected chi connectivity index (χ0v) is 13.7. The van der Waals surface area contributed by atoms with Gasteiger partial charge in [-0.3, -0.25) is 4.79 Å². The first-order valence-corrected chi connectivity index (χ1v) is 7.57. The Morgan fingerprint density at radius 3 is 2.71 bits per heavy atom. The summed E-state index contributed by atoms with van der Waals surface area (Å²) in [5.74, 6) is -1.07. The number of amides is 1. The van der Waals surface area contributed by atoms with E-state index in [4.69, 9.17) is 9.84 Å². The molecule has 1 aromatic carbocycles. The summed E-state index contributed by atoms with van der Waals surface area (Å²) in [7, 11) is 1.47. The Hall–Kier alpha value is -1.86. The van der Waals surface area contributed by atoms with Crippen LogP contribution in [0.1, 0.15) is 25.6 Å². The number of hydrogen-bond acceptors (Lipinski definition) is 4. The highest BCUT2D eigenvalue weighted by Gasteiger charge is 2.19. The number of hydrogen-bond donors (Lipinski definition) is 2. The van der Waals surface area contributed by atoms with Crippen LogP contribution in [0.5, 0.6) is 5.75 Å². The normalized spacial score (nSPS) is 10.2. The zero-order valence-electron chi connectivity index (χ0n) is 11.3. The summed E-state index contributed by atoms with van der Waals surface area (Å²) in [5.41, 5.74) is 1.37. The number of anilines is 1. The van der Waals surface area contributed by atoms with Gasteiger partial charge in [-0.2, -0.15) is 0 Å². The van der Waals surface area contributed by atoms with E-state index in [1.165, 1.54) is 7.11 Å². The molecular formula is C14H12BrNO4S. The number of aromatic carboxylic acids is 1. The summed E-state index contributed by atoms with van der Waals surface area (Å²) in [6.45, 7) is 1.75. The zero-order chi connectivity index (χ0) is 15.6. The van der Waals surface area contributed by atoms with Crippen LogP contribution in [-0.4, -0.2) is 24.1 Å². The van der Waals surface area contributed by atoms with Crippen LogP contribution in [0.25, 0.3) is 0 Å². The number of rotatable bonds is 4. The summed E-state index contributed by atoms with van der Waals surface area (Å²) < 4.78 is 5.96. The molecule has 0 fully saturated rings. The lowest BCUT2D eigenvalue weighted by atomic mass is 10.1. The first-order valence-electron chi connectivity index (χ1n) is 5.90. The van der Waals surface area contributed by atoms with E-state index in [0.717, 1.165) is 15.8 Å². The van der Waals surface area contributed by atoms with E-state index < -0.39 is 11.9 Å². The topological polar surface area (TPSA) is 75.6 Å². The van der Waals surface area contributed by atoms with Gasteiger partial charge in [0.05, 0.1) is 18.4 Å². The lowest BCUT2D eigenvalue weighted by Gasteiger charge is -2.10. The maximum absolute atomic E-state index is 12.3. The number of carboxylic acid groups (broad SMARTS) is 1. The third kappa shape index (κ3) is 3.25. The Balaban J connectivity index is 2.35. The molecule has 0 bridgehead atoms. The van der Waals surface area contributed by atoms with Gasteiger partial charge in [0.1, 0.15) is 10.6 Å². The molecule has 1 amide bonds. The molecule has 0 spiro atoms. The smallest absolute Gasteiger partial charge is 0.348 e. The van der Waals surface area contributed by atoms with Gasteiger partial charge in [-0.15, -0.1) is 11.3 Å². The molecule has 1 aromatic heterocycles. The van der Waals surface area contributed by atoms with Crippen LogP contribution in [0.3, 0.4) is 0 Å². The van der Waals surface area contributed by atoms with Crippen LogP contribution in [0.2, 0.25) is 0 Å². The van der Waals surface area contributed by atoms with Crippen LogP contribution >= 0.6 is 27.3 Å². The van der Waals surface area contributed by atoms with Gasteiger partial charge in [0.15, 0.2) is 0 Å². The average Bonchev–Trinajstić information content (AvgIpc) is 2.80. The highest BCUT2D eigenvalue weighted by atomic mass is 79.9. The number of thiophene rings is 1. The fourth-order valence-corrected chi connectivity index (χ4v) is 2.97. The SMILES string of the molecule is COc1cc(Br)ccc1C(=O)Nc1c(C)csc1C(=O)O. The molecule has 5 nitrogen and oxygen atoms in total. The third-order valence-electron chi connectivity index (χ3n) is 2.82. The van der Waals surface area contributed by atoms with Crippen LogP contribution < -0.4 is 10.1 Å². The number of aryl methyl sites for hydroxylation is 1. The molecule has 21 heavy (non-hydrogen) atoms. The predicted octanol–water partition coefficient (Wildman–Crippen LogP) is 3.78. The minimum absolute atomic E-state index is 0.108. The van der Waals surface area contributed by atoms with Crippen LogP contribution in [0.15, 0.2) is 28.1 Å². The molecule has 0 unspecified atom stereocenters. The second kappa shape index (κ2) is 6.28. The quantitative estimate of drug-likeness (QED) is 0.859. The van der Waals surface area contributed by atoms with E-state index in [0.29, 0.717) is 22.6 Å². The van der Waals surface area contributed by atoms with E-state index in [9.17, 15) is 9.59 Å². The van der Waals surface area contributed by atoms with Crippen molar-refractivity contribution in [1.82, 2.24) is 0 Å². The molecule has 2 rings (SSSR count). The van der Waals surface area contributed by atoms with Gasteiger partial charge in [0, 0.05) is 4.47 Å². The standard InChI is InChI=1S/C14H12BrNO4S/c1-7-6-21-12(14(18)19)11(7)16-13(17)9-4-3-8(15)5-10(9)20-2/h3-6H,1-2H3,(H,16,17)(H,18,19). The Bertz CT molecular complexity index is 711. The predicted molar refractivity (Wildman–Crippen MR) is 84.7 cm³/mol. The minimum Gasteiger partial charge on any atom is -0.496 e. The molecular weight excluding hydrogens is 358 g/mol. The minimum atomic E-state index is -1.06. The van der Waals surface area contributed by atoms with Crippen molar-refractivity contribution in [2.45, 2.75) is 6.92 Å². The van der Waals surface area contributed by atoms with Crippen LogP contribution in [0.4, 0.5) is 5.69 Å². The Morgan fingerprint density at radius 2 is 2.10 bits per heavy atom. The number of nitrogens with one attached hydrogen (secondary N) is 1. The molecule has 7 heteroatoms. The number of carbonyl (C=O) groups excluding carboxylic acids is 1. The van der Waals surface area contributed by atoms with Crippen molar-refractivity contribution in [2.24, 2.45) is 0 Å². The molecule has 0 aliphatic heterocycles. The molecule has 0 saturated carbocycles. The van der Waals surface area contributed by atoms with Crippen molar-refractivity contribution < 1.29 is 19.4 Å². The number of benzene rings is 1. The lowest BCUT2D eigenvalue weighted by molar-refractivity contribution is 0.0703. The lowest BCUT2D eigenvalue weighted by Crippen LogP contribution is -2.15. The van der Waals surface area contributed by atoms with Crippen molar-refractivity contribution in [3.63, 3.8) is 0 Å². The van der Waals surface area contributed by atoms with Crippen molar-refractivity contribution in [3.05, 3.63) is 44.1 Å². The highest BCUT2D eigenvalue weighted by molar-refractivity contribution is 9.10. The van der Waals surface area contributed by atoms with Gasteiger partial charge in [0.25, 0.3) is 5.91 Å². The fraction of sp³-hybridized carbons (Fsp3) is 0.143. The number of methoxy groups -OCH3 is 1. The molecule has 0 atom stereocenters. The van der Waals surface area contributed by atoms with E-state index in [-0.39, 0.29) is 4.88 Å². The number of carbonyl (C=O) groups is 2. The van der Waals surface area contributed by atoms with Crippen molar-refractivity contribution >= 4 is 44.8 Å². The van der Waals surface area contributed by atoms with E-state index in [1.54, 1.807) is 30.5 Å². The molecule has 1 heterocycles.